The van der Waals surface area contributed by atoms with Gasteiger partial charge in [0.15, 0.2) is 0 Å². The van der Waals surface area contributed by atoms with Crippen LogP contribution in [0.1, 0.15) is 41.0 Å². The summed E-state index contributed by atoms with van der Waals surface area (Å²) >= 11 is 0. The molecule has 0 saturated heterocycles. The highest BCUT2D eigenvalue weighted by molar-refractivity contribution is 5.77. The highest BCUT2D eigenvalue weighted by Gasteiger charge is 2.28. The predicted molar refractivity (Wildman–Crippen MR) is 76.5 cm³/mol. The summed E-state index contributed by atoms with van der Waals surface area (Å²) in [5.41, 5.74) is 5.37. The molecule has 108 valence electrons. The zero-order valence-corrected chi connectivity index (χ0v) is 12.6. The summed E-state index contributed by atoms with van der Waals surface area (Å²) in [6.45, 7) is 10.8. The quantitative estimate of drug-likeness (QED) is 0.849. The maximum absolute atomic E-state index is 12.0. The zero-order chi connectivity index (χ0) is 14.7. The van der Waals surface area contributed by atoms with Crippen molar-refractivity contribution in [2.75, 3.05) is 0 Å². The first-order valence-electron chi connectivity index (χ1n) is 6.62. The molecule has 5 nitrogen and oxygen atoms in total. The minimum Gasteiger partial charge on any atom is -0.351 e. The van der Waals surface area contributed by atoms with E-state index in [1.165, 1.54) is 0 Å². The van der Waals surface area contributed by atoms with Crippen molar-refractivity contribution in [3.05, 3.63) is 18.7 Å². The Morgan fingerprint density at radius 1 is 1.37 bits per heavy atom. The van der Waals surface area contributed by atoms with Crippen molar-refractivity contribution in [3.8, 4) is 0 Å². The van der Waals surface area contributed by atoms with Gasteiger partial charge in [0.1, 0.15) is 0 Å². The average Bonchev–Trinajstić information content (AvgIpc) is 2.64. The maximum atomic E-state index is 12.0. The summed E-state index contributed by atoms with van der Waals surface area (Å²) in [5.74, 6) is -0.00691. The molecule has 1 unspecified atom stereocenters. The lowest BCUT2D eigenvalue weighted by Gasteiger charge is -2.32. The molecular formula is C14H26N4O. The van der Waals surface area contributed by atoms with Crippen LogP contribution in [-0.4, -0.2) is 27.0 Å². The first-order chi connectivity index (χ1) is 8.58. The number of carbonyl (C=O) groups excluding carboxylic acids is 1. The molecule has 1 aromatic rings. The fraction of sp³-hybridized carbons (Fsp3) is 0.714. The number of hydrogen-bond donors (Lipinski definition) is 2. The number of imidazole rings is 1. The van der Waals surface area contributed by atoms with Gasteiger partial charge in [-0.05, 0) is 19.3 Å². The lowest BCUT2D eigenvalue weighted by Crippen LogP contribution is -2.49. The molecular weight excluding hydrogens is 240 g/mol. The summed E-state index contributed by atoms with van der Waals surface area (Å²) in [5, 5.41) is 3.08. The minimum absolute atomic E-state index is 0.00691. The van der Waals surface area contributed by atoms with Gasteiger partial charge in [-0.2, -0.15) is 0 Å². The second-order valence-corrected chi connectivity index (χ2v) is 6.91. The summed E-state index contributed by atoms with van der Waals surface area (Å²) in [6.07, 6.45) is 5.73. The second-order valence-electron chi connectivity index (χ2n) is 6.91. The van der Waals surface area contributed by atoms with Crippen LogP contribution in [0.25, 0.3) is 0 Å². The highest BCUT2D eigenvalue weighted by atomic mass is 16.1. The van der Waals surface area contributed by atoms with Crippen LogP contribution in [0.3, 0.4) is 0 Å². The van der Waals surface area contributed by atoms with E-state index in [1.807, 2.05) is 24.6 Å². The van der Waals surface area contributed by atoms with Crippen molar-refractivity contribution in [2.24, 2.45) is 11.1 Å². The fourth-order valence-corrected chi connectivity index (χ4v) is 1.80. The second kappa shape index (κ2) is 5.74. The third-order valence-electron chi connectivity index (χ3n) is 2.95. The molecule has 1 atom stereocenters. The summed E-state index contributed by atoms with van der Waals surface area (Å²) in [4.78, 5) is 16.1. The van der Waals surface area contributed by atoms with Crippen LogP contribution in [-0.2, 0) is 11.3 Å². The number of carbonyl (C=O) groups is 1. The monoisotopic (exact) mass is 266 g/mol. The molecule has 0 aliphatic rings. The van der Waals surface area contributed by atoms with E-state index < -0.39 is 5.54 Å². The molecule has 1 rings (SSSR count). The third kappa shape index (κ3) is 5.87. The normalized spacial score (nSPS) is 14.2. The Balaban J connectivity index is 2.68. The molecule has 0 fully saturated rings. The number of rotatable bonds is 5. The lowest BCUT2D eigenvalue weighted by molar-refractivity contribution is -0.123. The molecule has 0 spiro atoms. The van der Waals surface area contributed by atoms with E-state index in [0.29, 0.717) is 13.0 Å². The van der Waals surface area contributed by atoms with E-state index in [-0.39, 0.29) is 17.4 Å². The molecule has 0 aliphatic carbocycles. The topological polar surface area (TPSA) is 72.9 Å². The Morgan fingerprint density at radius 3 is 2.42 bits per heavy atom. The Labute approximate surface area is 115 Å². The summed E-state index contributed by atoms with van der Waals surface area (Å²) in [7, 11) is 0. The van der Waals surface area contributed by atoms with E-state index in [2.05, 4.69) is 31.1 Å². The standard InChI is InChI=1S/C14H26N4O/c1-13(2,3)11(9-18-7-6-16-10-18)17-12(19)8-14(4,5)15/h6-7,10-11H,8-9,15H2,1-5H3,(H,17,19). The van der Waals surface area contributed by atoms with Gasteiger partial charge in [-0.15, -0.1) is 0 Å². The van der Waals surface area contributed by atoms with Crippen LogP contribution in [0, 0.1) is 5.41 Å². The molecule has 1 aromatic heterocycles. The highest BCUT2D eigenvalue weighted by Crippen LogP contribution is 2.21. The summed E-state index contributed by atoms with van der Waals surface area (Å²) in [6, 6.07) is 0.0385. The van der Waals surface area contributed by atoms with Crippen molar-refractivity contribution in [1.29, 1.82) is 0 Å². The molecule has 1 amide bonds. The van der Waals surface area contributed by atoms with E-state index >= 15 is 0 Å². The van der Waals surface area contributed by atoms with Gasteiger partial charge in [-0.25, -0.2) is 4.98 Å². The number of nitrogens with one attached hydrogen (secondary N) is 1. The van der Waals surface area contributed by atoms with Gasteiger partial charge in [0, 0.05) is 30.9 Å². The first-order valence-corrected chi connectivity index (χ1v) is 6.62. The number of nitrogens with zero attached hydrogens (tertiary/aromatic N) is 2. The van der Waals surface area contributed by atoms with Crippen molar-refractivity contribution in [3.63, 3.8) is 0 Å². The fourth-order valence-electron chi connectivity index (χ4n) is 1.80. The Kier molecular flexibility index (Phi) is 4.74. The first kappa shape index (κ1) is 15.7. The molecule has 0 saturated carbocycles. The van der Waals surface area contributed by atoms with Crippen molar-refractivity contribution in [2.45, 2.75) is 59.2 Å². The molecule has 0 aromatic carbocycles. The van der Waals surface area contributed by atoms with E-state index in [9.17, 15) is 4.79 Å². The number of hydrogen-bond acceptors (Lipinski definition) is 3. The van der Waals surface area contributed by atoms with Gasteiger partial charge >= 0.3 is 0 Å². The number of nitrogens with two attached hydrogens (primary N) is 1. The van der Waals surface area contributed by atoms with E-state index in [4.69, 9.17) is 5.73 Å². The van der Waals surface area contributed by atoms with E-state index in [1.54, 1.807) is 12.5 Å². The molecule has 3 N–H and O–H groups in total. The van der Waals surface area contributed by atoms with E-state index in [0.717, 1.165) is 0 Å². The molecule has 1 heterocycles. The Bertz CT molecular complexity index is 398. The van der Waals surface area contributed by atoms with Crippen LogP contribution in [0.5, 0.6) is 0 Å². The van der Waals surface area contributed by atoms with Gasteiger partial charge in [-0.3, -0.25) is 4.79 Å². The minimum atomic E-state index is -0.485. The van der Waals surface area contributed by atoms with Gasteiger partial charge in [0.05, 0.1) is 12.4 Å². The predicted octanol–water partition coefficient (Wildman–Crippen LogP) is 1.54. The molecule has 0 radical (unpaired) electrons. The largest absolute Gasteiger partial charge is 0.351 e. The van der Waals surface area contributed by atoms with Crippen molar-refractivity contribution < 1.29 is 4.79 Å². The van der Waals surface area contributed by atoms with Crippen LogP contribution >= 0.6 is 0 Å². The van der Waals surface area contributed by atoms with Crippen molar-refractivity contribution in [1.82, 2.24) is 14.9 Å². The molecule has 0 aliphatic heterocycles. The number of aromatic nitrogens is 2. The Hall–Kier alpha value is -1.36. The molecule has 19 heavy (non-hydrogen) atoms. The lowest BCUT2D eigenvalue weighted by atomic mass is 9.86. The SMILES string of the molecule is CC(C)(N)CC(=O)NC(Cn1ccnc1)C(C)(C)C. The smallest absolute Gasteiger partial charge is 0.222 e. The summed E-state index contributed by atoms with van der Waals surface area (Å²) < 4.78 is 1.98. The van der Waals surface area contributed by atoms with Crippen molar-refractivity contribution >= 4 is 5.91 Å². The van der Waals surface area contributed by atoms with Gasteiger partial charge < -0.3 is 15.6 Å². The van der Waals surface area contributed by atoms with Crippen LogP contribution in [0.2, 0.25) is 0 Å². The van der Waals surface area contributed by atoms with Crippen LogP contribution < -0.4 is 11.1 Å². The molecule has 0 bridgehead atoms. The molecule has 5 heteroatoms. The van der Waals surface area contributed by atoms with Gasteiger partial charge in [-0.1, -0.05) is 20.8 Å². The maximum Gasteiger partial charge on any atom is 0.222 e. The Morgan fingerprint density at radius 2 is 2.00 bits per heavy atom. The van der Waals surface area contributed by atoms with Gasteiger partial charge in [0.25, 0.3) is 0 Å². The zero-order valence-electron chi connectivity index (χ0n) is 12.6. The average molecular weight is 266 g/mol. The van der Waals surface area contributed by atoms with Gasteiger partial charge in [0.2, 0.25) is 5.91 Å². The van der Waals surface area contributed by atoms with Crippen LogP contribution in [0.15, 0.2) is 18.7 Å². The number of amides is 1. The third-order valence-corrected chi connectivity index (χ3v) is 2.95. The van der Waals surface area contributed by atoms with Crippen LogP contribution in [0.4, 0.5) is 0 Å².